The van der Waals surface area contributed by atoms with Crippen LogP contribution in [0.5, 0.6) is 0 Å². The van der Waals surface area contributed by atoms with E-state index in [1.807, 2.05) is 0 Å². The number of rotatable bonds is 1. The van der Waals surface area contributed by atoms with Gasteiger partial charge >= 0.3 is 0 Å². The van der Waals surface area contributed by atoms with Crippen LogP contribution in [0.15, 0.2) is 48.5 Å². The van der Waals surface area contributed by atoms with Crippen LogP contribution in [0, 0.1) is 0 Å². The molecule has 16 heavy (non-hydrogen) atoms. The first kappa shape index (κ1) is 10.3. The summed E-state index contributed by atoms with van der Waals surface area (Å²) >= 11 is 2.50. The van der Waals surface area contributed by atoms with Gasteiger partial charge in [0.15, 0.2) is 0 Å². The van der Waals surface area contributed by atoms with E-state index >= 15 is 0 Å². The second-order valence-electron chi connectivity index (χ2n) is 4.56. The highest BCUT2D eigenvalue weighted by Gasteiger charge is 2.37. The molecule has 0 bridgehead atoms. The summed E-state index contributed by atoms with van der Waals surface area (Å²) < 4.78 is 1.12. The molecule has 2 aromatic rings. The Morgan fingerprint density at radius 1 is 0.875 bits per heavy atom. The first-order valence-electron chi connectivity index (χ1n) is 5.53. The fourth-order valence-corrected chi connectivity index (χ4v) is 3.51. The van der Waals surface area contributed by atoms with Crippen LogP contribution >= 0.6 is 22.6 Å². The lowest BCUT2D eigenvalue weighted by molar-refractivity contribution is 0.684. The molecule has 2 aromatic carbocycles. The van der Waals surface area contributed by atoms with E-state index in [0.29, 0.717) is 0 Å². The highest BCUT2D eigenvalue weighted by molar-refractivity contribution is 14.1. The molecular weight excluding hydrogens is 307 g/mol. The van der Waals surface area contributed by atoms with Crippen molar-refractivity contribution < 1.29 is 0 Å². The zero-order valence-corrected chi connectivity index (χ0v) is 11.4. The van der Waals surface area contributed by atoms with E-state index in [9.17, 15) is 0 Å². The van der Waals surface area contributed by atoms with Gasteiger partial charge in [-0.3, -0.25) is 0 Å². The van der Waals surface area contributed by atoms with Gasteiger partial charge in [0, 0.05) is 9.84 Å². The molecule has 0 atom stereocenters. The minimum atomic E-state index is 0.188. The molecule has 0 saturated carbocycles. The van der Waals surface area contributed by atoms with Crippen LogP contribution in [-0.2, 0) is 5.41 Å². The van der Waals surface area contributed by atoms with Crippen molar-refractivity contribution in [1.29, 1.82) is 0 Å². The first-order valence-corrected chi connectivity index (χ1v) is 7.05. The van der Waals surface area contributed by atoms with Gasteiger partial charge in [-0.15, -0.1) is 0 Å². The van der Waals surface area contributed by atoms with Crippen molar-refractivity contribution in [2.45, 2.75) is 12.3 Å². The molecule has 0 unspecified atom stereocenters. The first-order chi connectivity index (χ1) is 7.77. The highest BCUT2D eigenvalue weighted by atomic mass is 127. The lowest BCUT2D eigenvalue weighted by Gasteiger charge is -2.24. The Bertz CT molecular complexity index is 497. The third-order valence-electron chi connectivity index (χ3n) is 3.60. The summed E-state index contributed by atoms with van der Waals surface area (Å²) in [7, 11) is 0. The number of alkyl halides is 1. The van der Waals surface area contributed by atoms with E-state index in [-0.39, 0.29) is 5.41 Å². The van der Waals surface area contributed by atoms with Gasteiger partial charge in [-0.05, 0) is 22.3 Å². The van der Waals surface area contributed by atoms with Crippen molar-refractivity contribution in [3.05, 3.63) is 59.7 Å². The monoisotopic (exact) mass is 320 g/mol. The Labute approximate surface area is 110 Å². The SMILES string of the molecule is CC1(CI)c2ccccc2-c2ccccc21. The normalized spacial score (nSPS) is 15.6. The van der Waals surface area contributed by atoms with E-state index < -0.39 is 0 Å². The standard InChI is InChI=1S/C15H13I/c1-15(10-16)13-8-4-2-6-11(13)12-7-3-5-9-14(12)15/h2-9H,10H2,1H3. The van der Waals surface area contributed by atoms with Crippen LogP contribution in [0.2, 0.25) is 0 Å². The molecule has 1 aliphatic carbocycles. The number of fused-ring (bicyclic) bond motifs is 3. The van der Waals surface area contributed by atoms with Crippen molar-refractivity contribution in [1.82, 2.24) is 0 Å². The summed E-state index contributed by atoms with van der Waals surface area (Å²) in [4.78, 5) is 0. The van der Waals surface area contributed by atoms with Crippen LogP contribution in [0.1, 0.15) is 18.1 Å². The molecule has 0 aromatic heterocycles. The quantitative estimate of drug-likeness (QED) is 0.539. The molecule has 3 rings (SSSR count). The summed E-state index contributed by atoms with van der Waals surface area (Å²) in [5.41, 5.74) is 5.97. The zero-order chi connectivity index (χ0) is 11.2. The van der Waals surface area contributed by atoms with Crippen LogP contribution in [0.3, 0.4) is 0 Å². The molecule has 80 valence electrons. The molecule has 0 N–H and O–H groups in total. The highest BCUT2D eigenvalue weighted by Crippen LogP contribution is 2.49. The van der Waals surface area contributed by atoms with Crippen molar-refractivity contribution in [3.63, 3.8) is 0 Å². The number of hydrogen-bond donors (Lipinski definition) is 0. The summed E-state index contributed by atoms with van der Waals surface area (Å²) in [5, 5.41) is 0. The predicted molar refractivity (Wildman–Crippen MR) is 77.2 cm³/mol. The summed E-state index contributed by atoms with van der Waals surface area (Å²) in [6.45, 7) is 2.35. The van der Waals surface area contributed by atoms with E-state index in [2.05, 4.69) is 78.0 Å². The smallest absolute Gasteiger partial charge is 0.0276 e. The van der Waals surface area contributed by atoms with Crippen LogP contribution in [-0.4, -0.2) is 4.43 Å². The Hall–Kier alpha value is -0.830. The Balaban J connectivity index is 2.39. The molecule has 0 fully saturated rings. The van der Waals surface area contributed by atoms with E-state index in [1.54, 1.807) is 0 Å². The fraction of sp³-hybridized carbons (Fsp3) is 0.200. The summed E-state index contributed by atoms with van der Waals surface area (Å²) in [6, 6.07) is 17.6. The fourth-order valence-electron chi connectivity index (χ4n) is 2.69. The van der Waals surface area contributed by atoms with Gasteiger partial charge in [-0.2, -0.15) is 0 Å². The van der Waals surface area contributed by atoms with Crippen molar-refractivity contribution in [2.24, 2.45) is 0 Å². The average Bonchev–Trinajstić information content (AvgIpc) is 2.62. The second kappa shape index (κ2) is 3.59. The molecule has 1 heteroatoms. The molecular formula is C15H13I. The third kappa shape index (κ3) is 1.21. The topological polar surface area (TPSA) is 0 Å². The number of halogens is 1. The van der Waals surface area contributed by atoms with Gasteiger partial charge in [0.25, 0.3) is 0 Å². The Kier molecular flexibility index (Phi) is 2.32. The molecule has 0 aliphatic heterocycles. The molecule has 0 amide bonds. The lowest BCUT2D eigenvalue weighted by atomic mass is 9.82. The van der Waals surface area contributed by atoms with Crippen molar-refractivity contribution in [3.8, 4) is 11.1 Å². The molecule has 0 radical (unpaired) electrons. The van der Waals surface area contributed by atoms with Crippen LogP contribution in [0.4, 0.5) is 0 Å². The number of benzene rings is 2. The molecule has 0 saturated heterocycles. The third-order valence-corrected chi connectivity index (χ3v) is 5.13. The van der Waals surface area contributed by atoms with Crippen LogP contribution < -0.4 is 0 Å². The maximum atomic E-state index is 2.50. The van der Waals surface area contributed by atoms with Crippen LogP contribution in [0.25, 0.3) is 11.1 Å². The Morgan fingerprint density at radius 2 is 1.31 bits per heavy atom. The molecule has 0 spiro atoms. The van der Waals surface area contributed by atoms with Gasteiger partial charge < -0.3 is 0 Å². The molecule has 0 nitrogen and oxygen atoms in total. The average molecular weight is 320 g/mol. The van der Waals surface area contributed by atoms with Gasteiger partial charge in [0.05, 0.1) is 0 Å². The Morgan fingerprint density at radius 3 is 1.75 bits per heavy atom. The minimum Gasteiger partial charge on any atom is -0.0851 e. The van der Waals surface area contributed by atoms with Gasteiger partial charge in [-0.1, -0.05) is 78.0 Å². The maximum absolute atomic E-state index is 2.50. The van der Waals surface area contributed by atoms with E-state index in [1.165, 1.54) is 22.3 Å². The largest absolute Gasteiger partial charge is 0.0851 e. The van der Waals surface area contributed by atoms with Gasteiger partial charge in [-0.25, -0.2) is 0 Å². The van der Waals surface area contributed by atoms with Gasteiger partial charge in [0.1, 0.15) is 0 Å². The van der Waals surface area contributed by atoms with Crippen molar-refractivity contribution in [2.75, 3.05) is 4.43 Å². The molecule has 1 aliphatic rings. The predicted octanol–water partition coefficient (Wildman–Crippen LogP) is 4.41. The van der Waals surface area contributed by atoms with Crippen molar-refractivity contribution >= 4 is 22.6 Å². The minimum absolute atomic E-state index is 0.188. The maximum Gasteiger partial charge on any atom is 0.0276 e. The zero-order valence-electron chi connectivity index (χ0n) is 9.20. The molecule has 0 heterocycles. The van der Waals surface area contributed by atoms with E-state index in [4.69, 9.17) is 0 Å². The second-order valence-corrected chi connectivity index (χ2v) is 5.32. The summed E-state index contributed by atoms with van der Waals surface area (Å²) in [5.74, 6) is 0. The number of hydrogen-bond acceptors (Lipinski definition) is 0. The lowest BCUT2D eigenvalue weighted by Crippen LogP contribution is -2.22. The van der Waals surface area contributed by atoms with Gasteiger partial charge in [0.2, 0.25) is 0 Å². The summed E-state index contributed by atoms with van der Waals surface area (Å²) in [6.07, 6.45) is 0. The van der Waals surface area contributed by atoms with E-state index in [0.717, 1.165) is 4.43 Å².